The molecular formula is C20H26N2O2. The molecule has 2 aromatic carbocycles. The van der Waals surface area contributed by atoms with Gasteiger partial charge in [-0.25, -0.2) is 0 Å². The number of ether oxygens (including phenoxy) is 1. The zero-order chi connectivity index (χ0) is 16.8. The van der Waals surface area contributed by atoms with Gasteiger partial charge in [0.2, 0.25) is 0 Å². The molecule has 0 bridgehead atoms. The van der Waals surface area contributed by atoms with E-state index in [1.165, 1.54) is 12.8 Å². The fourth-order valence-corrected chi connectivity index (χ4v) is 3.11. The van der Waals surface area contributed by atoms with Crippen molar-refractivity contribution in [2.75, 3.05) is 19.6 Å². The summed E-state index contributed by atoms with van der Waals surface area (Å²) in [7, 11) is 0. The molecule has 0 unspecified atom stereocenters. The van der Waals surface area contributed by atoms with Gasteiger partial charge in [0.05, 0.1) is 6.10 Å². The first-order valence-corrected chi connectivity index (χ1v) is 8.65. The van der Waals surface area contributed by atoms with E-state index in [1.807, 2.05) is 54.6 Å². The molecule has 0 aliphatic carbocycles. The van der Waals surface area contributed by atoms with Crippen LogP contribution in [-0.4, -0.2) is 35.7 Å². The van der Waals surface area contributed by atoms with Crippen LogP contribution < -0.4 is 10.5 Å². The van der Waals surface area contributed by atoms with E-state index in [0.717, 1.165) is 36.5 Å². The van der Waals surface area contributed by atoms with Gasteiger partial charge in [-0.2, -0.15) is 0 Å². The summed E-state index contributed by atoms with van der Waals surface area (Å²) in [5.41, 5.74) is 8.15. The van der Waals surface area contributed by atoms with E-state index >= 15 is 0 Å². The van der Waals surface area contributed by atoms with Crippen molar-refractivity contribution in [2.24, 2.45) is 5.73 Å². The standard InChI is InChI=1S/C20H26N2O2/c21-19(14-22-12-4-5-13-22)20(23)17-8-10-18(11-9-17)24-15-16-6-2-1-3-7-16/h1-3,6-11,19-20,23H,4-5,12-15,21H2/t19-,20-/m1/s1. The lowest BCUT2D eigenvalue weighted by Gasteiger charge is -2.24. The lowest BCUT2D eigenvalue weighted by molar-refractivity contribution is 0.125. The maximum absolute atomic E-state index is 10.5. The minimum atomic E-state index is -0.645. The zero-order valence-electron chi connectivity index (χ0n) is 14.0. The van der Waals surface area contributed by atoms with Gasteiger partial charge in [-0.1, -0.05) is 42.5 Å². The normalized spacial score (nSPS) is 17.6. The fourth-order valence-electron chi connectivity index (χ4n) is 3.11. The van der Waals surface area contributed by atoms with Gasteiger partial charge in [0.1, 0.15) is 12.4 Å². The summed E-state index contributed by atoms with van der Waals surface area (Å²) in [6, 6.07) is 17.4. The first-order valence-electron chi connectivity index (χ1n) is 8.65. The highest BCUT2D eigenvalue weighted by Gasteiger charge is 2.21. The number of nitrogens with two attached hydrogens (primary N) is 1. The Morgan fingerprint density at radius 2 is 1.67 bits per heavy atom. The van der Waals surface area contributed by atoms with Gasteiger partial charge >= 0.3 is 0 Å². The van der Waals surface area contributed by atoms with Crippen molar-refractivity contribution in [2.45, 2.75) is 31.6 Å². The van der Waals surface area contributed by atoms with Crippen LogP contribution in [0.4, 0.5) is 0 Å². The number of benzene rings is 2. The van der Waals surface area contributed by atoms with Crippen molar-refractivity contribution in [3.63, 3.8) is 0 Å². The molecule has 4 heteroatoms. The van der Waals surface area contributed by atoms with Crippen molar-refractivity contribution in [1.82, 2.24) is 4.90 Å². The monoisotopic (exact) mass is 326 g/mol. The third-order valence-corrected chi connectivity index (χ3v) is 4.54. The highest BCUT2D eigenvalue weighted by atomic mass is 16.5. The van der Waals surface area contributed by atoms with Crippen molar-refractivity contribution >= 4 is 0 Å². The van der Waals surface area contributed by atoms with E-state index in [-0.39, 0.29) is 6.04 Å². The van der Waals surface area contributed by atoms with Crippen LogP contribution in [0.5, 0.6) is 5.75 Å². The minimum Gasteiger partial charge on any atom is -0.489 e. The summed E-state index contributed by atoms with van der Waals surface area (Å²) >= 11 is 0. The second-order valence-corrected chi connectivity index (χ2v) is 6.46. The summed E-state index contributed by atoms with van der Waals surface area (Å²) in [5.74, 6) is 0.794. The van der Waals surface area contributed by atoms with E-state index in [9.17, 15) is 5.11 Å². The van der Waals surface area contributed by atoms with Crippen LogP contribution in [0, 0.1) is 0 Å². The molecule has 3 rings (SSSR count). The van der Waals surface area contributed by atoms with Gasteiger partial charge in [0.25, 0.3) is 0 Å². The van der Waals surface area contributed by atoms with Gasteiger partial charge in [0, 0.05) is 12.6 Å². The van der Waals surface area contributed by atoms with Crippen LogP contribution in [0.2, 0.25) is 0 Å². The van der Waals surface area contributed by atoms with Crippen LogP contribution >= 0.6 is 0 Å². The van der Waals surface area contributed by atoms with Crippen LogP contribution in [0.25, 0.3) is 0 Å². The Morgan fingerprint density at radius 1 is 1.00 bits per heavy atom. The van der Waals surface area contributed by atoms with Crippen molar-refractivity contribution in [3.8, 4) is 5.75 Å². The van der Waals surface area contributed by atoms with Crippen molar-refractivity contribution < 1.29 is 9.84 Å². The molecule has 1 aliphatic heterocycles. The van der Waals surface area contributed by atoms with E-state index in [0.29, 0.717) is 6.61 Å². The largest absolute Gasteiger partial charge is 0.489 e. The number of aliphatic hydroxyl groups is 1. The molecule has 2 atom stereocenters. The number of nitrogens with zero attached hydrogens (tertiary/aromatic N) is 1. The van der Waals surface area contributed by atoms with Crippen LogP contribution in [0.15, 0.2) is 54.6 Å². The number of hydrogen-bond acceptors (Lipinski definition) is 4. The molecule has 1 heterocycles. The lowest BCUT2D eigenvalue weighted by atomic mass is 10.0. The lowest BCUT2D eigenvalue weighted by Crippen LogP contribution is -2.40. The molecule has 0 aromatic heterocycles. The quantitative estimate of drug-likeness (QED) is 0.821. The highest BCUT2D eigenvalue weighted by Crippen LogP contribution is 2.21. The van der Waals surface area contributed by atoms with E-state index in [1.54, 1.807) is 0 Å². The summed E-state index contributed by atoms with van der Waals surface area (Å²) < 4.78 is 5.77. The predicted molar refractivity (Wildman–Crippen MR) is 95.8 cm³/mol. The number of likely N-dealkylation sites (tertiary alicyclic amines) is 1. The fraction of sp³-hybridized carbons (Fsp3) is 0.400. The molecule has 0 saturated carbocycles. The van der Waals surface area contributed by atoms with Crippen LogP contribution in [0.3, 0.4) is 0 Å². The molecule has 3 N–H and O–H groups in total. The van der Waals surface area contributed by atoms with Gasteiger partial charge in [-0.05, 0) is 49.2 Å². The topological polar surface area (TPSA) is 58.7 Å². The summed E-state index contributed by atoms with van der Waals surface area (Å²) in [6.07, 6.45) is 1.82. The maximum atomic E-state index is 10.5. The maximum Gasteiger partial charge on any atom is 0.119 e. The first kappa shape index (κ1) is 17.0. The number of aliphatic hydroxyl groups excluding tert-OH is 1. The first-order chi connectivity index (χ1) is 11.7. The van der Waals surface area contributed by atoms with Gasteiger partial charge in [0.15, 0.2) is 0 Å². The molecule has 1 fully saturated rings. The molecule has 1 aliphatic rings. The Balaban J connectivity index is 1.53. The summed E-state index contributed by atoms with van der Waals surface area (Å²) in [5, 5.41) is 10.5. The van der Waals surface area contributed by atoms with E-state index in [4.69, 9.17) is 10.5 Å². The van der Waals surface area contributed by atoms with Crippen LogP contribution in [-0.2, 0) is 6.61 Å². The Bertz CT molecular complexity index is 609. The molecule has 0 radical (unpaired) electrons. The Kier molecular flexibility index (Phi) is 5.86. The van der Waals surface area contributed by atoms with E-state index < -0.39 is 6.10 Å². The Labute approximate surface area is 143 Å². The zero-order valence-corrected chi connectivity index (χ0v) is 14.0. The summed E-state index contributed by atoms with van der Waals surface area (Å²) in [4.78, 5) is 2.32. The van der Waals surface area contributed by atoms with Crippen molar-refractivity contribution in [1.29, 1.82) is 0 Å². The number of rotatable bonds is 7. The smallest absolute Gasteiger partial charge is 0.119 e. The third-order valence-electron chi connectivity index (χ3n) is 4.54. The molecule has 4 nitrogen and oxygen atoms in total. The van der Waals surface area contributed by atoms with Gasteiger partial charge in [-0.15, -0.1) is 0 Å². The molecule has 0 amide bonds. The Morgan fingerprint density at radius 3 is 2.33 bits per heavy atom. The van der Waals surface area contributed by atoms with Crippen LogP contribution in [0.1, 0.15) is 30.1 Å². The van der Waals surface area contributed by atoms with Gasteiger partial charge < -0.3 is 20.5 Å². The molecule has 0 spiro atoms. The molecule has 128 valence electrons. The average molecular weight is 326 g/mol. The minimum absolute atomic E-state index is 0.265. The highest BCUT2D eigenvalue weighted by molar-refractivity contribution is 5.29. The SMILES string of the molecule is N[C@H](CN1CCCC1)[C@H](O)c1ccc(OCc2ccccc2)cc1. The second-order valence-electron chi connectivity index (χ2n) is 6.46. The van der Waals surface area contributed by atoms with Gasteiger partial charge in [-0.3, -0.25) is 0 Å². The molecule has 24 heavy (non-hydrogen) atoms. The van der Waals surface area contributed by atoms with E-state index in [2.05, 4.69) is 4.90 Å². The van der Waals surface area contributed by atoms with Crippen molar-refractivity contribution in [3.05, 3.63) is 65.7 Å². The average Bonchev–Trinajstić information content (AvgIpc) is 3.13. The molecular weight excluding hydrogens is 300 g/mol. The Hall–Kier alpha value is -1.88. The summed E-state index contributed by atoms with van der Waals surface area (Å²) in [6.45, 7) is 3.46. The number of hydrogen-bond donors (Lipinski definition) is 2. The third kappa shape index (κ3) is 4.57. The predicted octanol–water partition coefficient (Wildman–Crippen LogP) is 2.72. The molecule has 2 aromatic rings. The second kappa shape index (κ2) is 8.29. The molecule has 1 saturated heterocycles.